The fourth-order valence-corrected chi connectivity index (χ4v) is 6.64. The maximum Gasteiger partial charge on any atom is 0.420 e. The molecular weight excluding hydrogens is 641 g/mol. The van der Waals surface area contributed by atoms with E-state index in [0.717, 1.165) is 53.6 Å². The molecule has 4 heterocycles. The van der Waals surface area contributed by atoms with Gasteiger partial charge in [0, 0.05) is 55.1 Å². The summed E-state index contributed by atoms with van der Waals surface area (Å²) in [6.07, 6.45) is -3.12. The summed E-state index contributed by atoms with van der Waals surface area (Å²) >= 11 is 7.88. The predicted molar refractivity (Wildman–Crippen MR) is 171 cm³/mol. The van der Waals surface area contributed by atoms with E-state index in [4.69, 9.17) is 21.1 Å². The van der Waals surface area contributed by atoms with Gasteiger partial charge in [-0.3, -0.25) is 19.2 Å². The maximum atomic E-state index is 14.2. The lowest BCUT2D eigenvalue weighted by atomic mass is 10.0. The number of nitrogens with one attached hydrogen (secondary N) is 1. The molecule has 6 rings (SSSR count). The Labute approximate surface area is 270 Å². The minimum Gasteiger partial charge on any atom is -0.491 e. The van der Waals surface area contributed by atoms with Gasteiger partial charge < -0.3 is 14.8 Å². The molecular formula is C32H28ClF3N6O3S. The fraction of sp³-hybridized carbons (Fsp3) is 0.312. The molecule has 0 aliphatic carbocycles. The predicted octanol–water partition coefficient (Wildman–Crippen LogP) is 5.89. The topological polar surface area (TPSA) is 105 Å². The molecule has 9 nitrogen and oxygen atoms in total. The van der Waals surface area contributed by atoms with Gasteiger partial charge in [-0.25, -0.2) is 4.98 Å². The molecule has 238 valence electrons. The van der Waals surface area contributed by atoms with Crippen LogP contribution in [0.3, 0.4) is 0 Å². The molecule has 0 bridgehead atoms. The lowest BCUT2D eigenvalue weighted by Crippen LogP contribution is -2.44. The molecule has 46 heavy (non-hydrogen) atoms. The molecule has 3 aromatic heterocycles. The van der Waals surface area contributed by atoms with E-state index in [1.165, 1.54) is 11.5 Å². The number of piperazine rings is 1. The summed E-state index contributed by atoms with van der Waals surface area (Å²) in [6, 6.07) is 11.6. The van der Waals surface area contributed by atoms with Gasteiger partial charge in [-0.2, -0.15) is 18.4 Å². The van der Waals surface area contributed by atoms with E-state index in [0.29, 0.717) is 17.3 Å². The van der Waals surface area contributed by atoms with Gasteiger partial charge in [-0.15, -0.1) is 11.3 Å². The fourth-order valence-electron chi connectivity index (χ4n) is 5.59. The lowest BCUT2D eigenvalue weighted by Gasteiger charge is -2.27. The van der Waals surface area contributed by atoms with Gasteiger partial charge in [-0.05, 0) is 48.7 Å². The molecule has 5 aromatic rings. The van der Waals surface area contributed by atoms with E-state index >= 15 is 0 Å². The van der Waals surface area contributed by atoms with Crippen LogP contribution in [0.4, 0.5) is 13.2 Å². The monoisotopic (exact) mass is 668 g/mol. The third kappa shape index (κ3) is 6.39. The number of ether oxygens (including phenoxy) is 2. The number of pyridine rings is 1. The highest BCUT2D eigenvalue weighted by Crippen LogP contribution is 2.41. The largest absolute Gasteiger partial charge is 0.491 e. The van der Waals surface area contributed by atoms with Gasteiger partial charge >= 0.3 is 6.18 Å². The van der Waals surface area contributed by atoms with Crippen LogP contribution in [0.15, 0.2) is 52.8 Å². The van der Waals surface area contributed by atoms with Crippen molar-refractivity contribution in [2.24, 2.45) is 0 Å². The zero-order valence-electron chi connectivity index (χ0n) is 24.7. The maximum absolute atomic E-state index is 14.2. The molecule has 1 saturated heterocycles. The standard InChI is InChI=1S/C32H28ClF3N6O3S/c1-19-40-26-17-24(32(34,35)36)29(45-13-11-41-9-7-38-8-10-41)23(18-37)28(26)31(43)42(19)12-14-44-27-3-2-20(33)16-22(27)21-4-6-39-25-5-15-46-30(21)25/h2-6,15-17,38H,7-14H2,1H3. The van der Waals surface area contributed by atoms with E-state index in [1.807, 2.05) is 17.5 Å². The first kappa shape index (κ1) is 31.7. The number of thiophene rings is 1. The third-order valence-corrected chi connectivity index (χ3v) is 8.99. The first-order valence-corrected chi connectivity index (χ1v) is 15.8. The summed E-state index contributed by atoms with van der Waals surface area (Å²) in [6.45, 7) is 4.86. The Morgan fingerprint density at radius 2 is 1.85 bits per heavy atom. The molecule has 0 saturated carbocycles. The smallest absolute Gasteiger partial charge is 0.420 e. The highest BCUT2D eigenvalue weighted by molar-refractivity contribution is 7.17. The van der Waals surface area contributed by atoms with Crippen molar-refractivity contribution in [2.75, 3.05) is 45.9 Å². The molecule has 0 unspecified atom stereocenters. The van der Waals surface area contributed by atoms with Gasteiger partial charge in [0.05, 0.1) is 27.7 Å². The number of benzene rings is 2. The summed E-state index contributed by atoms with van der Waals surface area (Å²) in [5.74, 6) is 0.0416. The zero-order valence-corrected chi connectivity index (χ0v) is 26.2. The average molecular weight is 669 g/mol. The minimum absolute atomic E-state index is 0.0194. The van der Waals surface area contributed by atoms with Crippen molar-refractivity contribution in [3.05, 3.63) is 80.3 Å². The first-order chi connectivity index (χ1) is 22.2. The van der Waals surface area contributed by atoms with Crippen molar-refractivity contribution in [3.8, 4) is 28.7 Å². The number of nitrogens with zero attached hydrogens (tertiary/aromatic N) is 5. The van der Waals surface area contributed by atoms with Crippen molar-refractivity contribution >= 4 is 44.1 Å². The van der Waals surface area contributed by atoms with Crippen molar-refractivity contribution in [2.45, 2.75) is 19.6 Å². The number of alkyl halides is 3. The van der Waals surface area contributed by atoms with Crippen LogP contribution >= 0.6 is 22.9 Å². The van der Waals surface area contributed by atoms with Crippen molar-refractivity contribution in [1.29, 1.82) is 5.26 Å². The molecule has 0 spiro atoms. The molecule has 14 heteroatoms. The number of hydrogen-bond acceptors (Lipinski definition) is 9. The molecule has 0 amide bonds. The van der Waals surface area contributed by atoms with Gasteiger partial charge in [0.2, 0.25) is 0 Å². The second-order valence-corrected chi connectivity index (χ2v) is 12.0. The van der Waals surface area contributed by atoms with E-state index in [1.54, 1.807) is 41.8 Å². The van der Waals surface area contributed by atoms with E-state index in [2.05, 4.69) is 20.2 Å². The Bertz CT molecular complexity index is 2020. The number of fused-ring (bicyclic) bond motifs is 2. The highest BCUT2D eigenvalue weighted by Gasteiger charge is 2.38. The van der Waals surface area contributed by atoms with Gasteiger partial charge in [0.15, 0.2) is 0 Å². The third-order valence-electron chi connectivity index (χ3n) is 7.82. The average Bonchev–Trinajstić information content (AvgIpc) is 3.52. The lowest BCUT2D eigenvalue weighted by molar-refractivity contribution is -0.138. The van der Waals surface area contributed by atoms with Gasteiger partial charge in [0.25, 0.3) is 5.56 Å². The molecule has 0 radical (unpaired) electrons. The van der Waals surface area contributed by atoms with Crippen molar-refractivity contribution in [1.82, 2.24) is 24.8 Å². The SMILES string of the molecule is Cc1nc2cc(C(F)(F)F)c(OCCN3CCNCC3)c(C#N)c2c(=O)n1CCOc1ccc(Cl)cc1-c1ccnc2ccsc12. The Hall–Kier alpha value is -4.22. The minimum atomic E-state index is -4.83. The summed E-state index contributed by atoms with van der Waals surface area (Å²) < 4.78 is 56.6. The van der Waals surface area contributed by atoms with Crippen LogP contribution in [0.5, 0.6) is 11.5 Å². The normalized spacial score (nSPS) is 14.1. The summed E-state index contributed by atoms with van der Waals surface area (Å²) in [5, 5.41) is 15.5. The van der Waals surface area contributed by atoms with Crippen molar-refractivity contribution in [3.63, 3.8) is 0 Å². The highest BCUT2D eigenvalue weighted by atomic mass is 35.5. The molecule has 1 aliphatic heterocycles. The number of nitriles is 1. The second-order valence-electron chi connectivity index (χ2n) is 10.7. The Kier molecular flexibility index (Phi) is 9.15. The van der Waals surface area contributed by atoms with Crippen LogP contribution in [0.2, 0.25) is 5.02 Å². The number of aromatic nitrogens is 3. The van der Waals surface area contributed by atoms with Crippen molar-refractivity contribution < 1.29 is 22.6 Å². The summed E-state index contributed by atoms with van der Waals surface area (Å²) in [5.41, 5.74) is -0.0407. The van der Waals surface area contributed by atoms with Crippen LogP contribution in [0, 0.1) is 18.3 Å². The van der Waals surface area contributed by atoms with Crippen LogP contribution in [0.1, 0.15) is 17.0 Å². The molecule has 1 N–H and O–H groups in total. The number of hydrogen-bond donors (Lipinski definition) is 1. The number of halogens is 4. The van der Waals surface area contributed by atoms with Crippen LogP contribution < -0.4 is 20.3 Å². The van der Waals surface area contributed by atoms with E-state index < -0.39 is 28.6 Å². The summed E-state index contributed by atoms with van der Waals surface area (Å²) in [4.78, 5) is 24.6. The Morgan fingerprint density at radius 3 is 2.61 bits per heavy atom. The molecule has 1 aliphatic rings. The van der Waals surface area contributed by atoms with E-state index in [9.17, 15) is 23.2 Å². The zero-order chi connectivity index (χ0) is 32.4. The molecule has 1 fully saturated rings. The van der Waals surface area contributed by atoms with Crippen LogP contribution in [-0.2, 0) is 12.7 Å². The number of aryl methyl sites for hydroxylation is 1. The Balaban J connectivity index is 1.31. The van der Waals surface area contributed by atoms with Gasteiger partial charge in [0.1, 0.15) is 47.7 Å². The number of rotatable bonds is 9. The molecule has 2 aromatic carbocycles. The first-order valence-electron chi connectivity index (χ1n) is 14.5. The second kappa shape index (κ2) is 13.3. The van der Waals surface area contributed by atoms with Crippen LogP contribution in [0.25, 0.3) is 32.2 Å². The van der Waals surface area contributed by atoms with Gasteiger partial charge in [-0.1, -0.05) is 11.6 Å². The Morgan fingerprint density at radius 1 is 1.07 bits per heavy atom. The quantitative estimate of drug-likeness (QED) is 0.207. The summed E-state index contributed by atoms with van der Waals surface area (Å²) in [7, 11) is 0. The van der Waals surface area contributed by atoms with E-state index in [-0.39, 0.29) is 36.5 Å². The molecule has 0 atom stereocenters. The van der Waals surface area contributed by atoms with Crippen LogP contribution in [-0.4, -0.2) is 65.4 Å².